The third-order valence-electron chi connectivity index (χ3n) is 3.67. The monoisotopic (exact) mass is 322 g/mol. The highest BCUT2D eigenvalue weighted by Gasteiger charge is 2.30. The van der Waals surface area contributed by atoms with Gasteiger partial charge in [-0.05, 0) is 18.9 Å². The van der Waals surface area contributed by atoms with Crippen LogP contribution < -0.4 is 0 Å². The highest BCUT2D eigenvalue weighted by molar-refractivity contribution is 7.17. The van der Waals surface area contributed by atoms with Crippen LogP contribution in [-0.2, 0) is 0 Å². The van der Waals surface area contributed by atoms with Crippen molar-refractivity contribution < 1.29 is 9.90 Å². The Kier molecular flexibility index (Phi) is 4.24. The second-order valence-corrected chi connectivity index (χ2v) is 6.42. The fourth-order valence-electron chi connectivity index (χ4n) is 2.57. The standard InChI is InChI=1S/C15H15ClN2O2S/c16-12-6-2-1-5-11(12)14-17-8-13(21-14)15(20)18-7-3-4-10(18)9-19/h1-2,5-6,8,10,19H,3-4,7,9H2/t10-/m1/s1. The van der Waals surface area contributed by atoms with E-state index >= 15 is 0 Å². The van der Waals surface area contributed by atoms with Gasteiger partial charge in [0.2, 0.25) is 0 Å². The molecule has 0 saturated carbocycles. The maximum absolute atomic E-state index is 12.5. The van der Waals surface area contributed by atoms with Gasteiger partial charge in [-0.25, -0.2) is 4.98 Å². The summed E-state index contributed by atoms with van der Waals surface area (Å²) in [6, 6.07) is 7.39. The van der Waals surface area contributed by atoms with Crippen molar-refractivity contribution in [3.8, 4) is 10.6 Å². The van der Waals surface area contributed by atoms with E-state index in [1.54, 1.807) is 11.1 Å². The number of aromatic nitrogens is 1. The minimum absolute atomic E-state index is 0.0158. The second-order valence-electron chi connectivity index (χ2n) is 4.99. The first-order chi connectivity index (χ1) is 10.2. The zero-order valence-corrected chi connectivity index (χ0v) is 12.9. The third kappa shape index (κ3) is 2.81. The van der Waals surface area contributed by atoms with Crippen molar-refractivity contribution in [2.45, 2.75) is 18.9 Å². The Morgan fingerprint density at radius 2 is 2.29 bits per heavy atom. The van der Waals surface area contributed by atoms with E-state index in [4.69, 9.17) is 11.6 Å². The number of nitrogens with zero attached hydrogens (tertiary/aromatic N) is 2. The van der Waals surface area contributed by atoms with Crippen molar-refractivity contribution in [3.63, 3.8) is 0 Å². The van der Waals surface area contributed by atoms with Crippen molar-refractivity contribution in [1.29, 1.82) is 0 Å². The van der Waals surface area contributed by atoms with Gasteiger partial charge >= 0.3 is 0 Å². The van der Waals surface area contributed by atoms with Crippen LogP contribution >= 0.6 is 22.9 Å². The van der Waals surface area contributed by atoms with Crippen molar-refractivity contribution in [2.75, 3.05) is 13.2 Å². The zero-order chi connectivity index (χ0) is 14.8. The fourth-order valence-corrected chi connectivity index (χ4v) is 3.76. The average Bonchev–Trinajstić information content (AvgIpc) is 3.16. The number of carbonyl (C=O) groups is 1. The molecule has 1 fully saturated rings. The largest absolute Gasteiger partial charge is 0.394 e. The van der Waals surface area contributed by atoms with Crippen LogP contribution in [0.5, 0.6) is 0 Å². The molecule has 0 aliphatic carbocycles. The molecular weight excluding hydrogens is 308 g/mol. The van der Waals surface area contributed by atoms with Gasteiger partial charge in [0.25, 0.3) is 5.91 Å². The molecule has 1 aliphatic rings. The molecule has 1 saturated heterocycles. The number of carbonyl (C=O) groups excluding carboxylic acids is 1. The van der Waals surface area contributed by atoms with Crippen molar-refractivity contribution >= 4 is 28.8 Å². The smallest absolute Gasteiger partial charge is 0.265 e. The van der Waals surface area contributed by atoms with Gasteiger partial charge in [0.05, 0.1) is 23.9 Å². The van der Waals surface area contributed by atoms with Crippen LogP contribution in [0.4, 0.5) is 0 Å². The number of thiazole rings is 1. The summed E-state index contributed by atoms with van der Waals surface area (Å²) in [5, 5.41) is 10.7. The molecule has 0 spiro atoms. The lowest BCUT2D eigenvalue weighted by Gasteiger charge is -2.21. The van der Waals surface area contributed by atoms with Gasteiger partial charge in [0.1, 0.15) is 9.88 Å². The van der Waals surface area contributed by atoms with Crippen LogP contribution in [0.15, 0.2) is 30.5 Å². The van der Waals surface area contributed by atoms with E-state index in [0.29, 0.717) is 16.4 Å². The van der Waals surface area contributed by atoms with E-state index in [0.717, 1.165) is 23.4 Å². The number of halogens is 1. The Morgan fingerprint density at radius 3 is 3.05 bits per heavy atom. The van der Waals surface area contributed by atoms with Crippen LogP contribution in [0.25, 0.3) is 10.6 Å². The van der Waals surface area contributed by atoms with E-state index < -0.39 is 0 Å². The number of aliphatic hydroxyl groups is 1. The summed E-state index contributed by atoms with van der Waals surface area (Å²) in [7, 11) is 0. The molecule has 1 N–H and O–H groups in total. The molecule has 1 amide bonds. The average molecular weight is 323 g/mol. The molecule has 1 aromatic heterocycles. The summed E-state index contributed by atoms with van der Waals surface area (Å²) in [6.45, 7) is 0.714. The SMILES string of the molecule is O=C(c1cnc(-c2ccccc2Cl)s1)N1CCC[C@@H]1CO. The summed E-state index contributed by atoms with van der Waals surface area (Å²) in [5.74, 6) is -0.0534. The number of hydrogen-bond acceptors (Lipinski definition) is 4. The van der Waals surface area contributed by atoms with E-state index in [1.807, 2.05) is 24.3 Å². The molecule has 2 aromatic rings. The molecule has 6 heteroatoms. The van der Waals surface area contributed by atoms with Gasteiger partial charge in [-0.15, -0.1) is 11.3 Å². The molecule has 0 unspecified atom stereocenters. The minimum Gasteiger partial charge on any atom is -0.394 e. The molecule has 110 valence electrons. The van der Waals surface area contributed by atoms with E-state index in [-0.39, 0.29) is 18.6 Å². The molecule has 1 atom stereocenters. The molecule has 21 heavy (non-hydrogen) atoms. The molecule has 0 bridgehead atoms. The maximum atomic E-state index is 12.5. The lowest BCUT2D eigenvalue weighted by Crippen LogP contribution is -2.37. The summed E-state index contributed by atoms with van der Waals surface area (Å²) in [4.78, 5) is 19.1. The maximum Gasteiger partial charge on any atom is 0.265 e. The van der Waals surface area contributed by atoms with Crippen LogP contribution in [0.3, 0.4) is 0 Å². The Hall–Kier alpha value is -1.43. The molecule has 0 radical (unpaired) electrons. The van der Waals surface area contributed by atoms with Gasteiger partial charge in [-0.3, -0.25) is 4.79 Å². The fraction of sp³-hybridized carbons (Fsp3) is 0.333. The lowest BCUT2D eigenvalue weighted by atomic mass is 10.2. The Balaban J connectivity index is 1.85. The zero-order valence-electron chi connectivity index (χ0n) is 11.3. The van der Waals surface area contributed by atoms with Crippen molar-refractivity contribution in [1.82, 2.24) is 9.88 Å². The predicted octanol–water partition coefficient (Wildman–Crippen LogP) is 3.06. The number of amides is 1. The molecule has 1 aliphatic heterocycles. The van der Waals surface area contributed by atoms with Crippen LogP contribution in [-0.4, -0.2) is 40.1 Å². The van der Waals surface area contributed by atoms with Gasteiger partial charge in [-0.1, -0.05) is 29.8 Å². The summed E-state index contributed by atoms with van der Waals surface area (Å²) >= 11 is 7.50. The van der Waals surface area contributed by atoms with Gasteiger partial charge < -0.3 is 10.0 Å². The summed E-state index contributed by atoms with van der Waals surface area (Å²) in [5.41, 5.74) is 0.836. The molecule has 1 aromatic carbocycles. The molecule has 3 rings (SSSR count). The quantitative estimate of drug-likeness (QED) is 0.945. The highest BCUT2D eigenvalue weighted by Crippen LogP contribution is 2.32. The van der Waals surface area contributed by atoms with Crippen molar-refractivity contribution in [3.05, 3.63) is 40.4 Å². The highest BCUT2D eigenvalue weighted by atomic mass is 35.5. The predicted molar refractivity (Wildman–Crippen MR) is 83.7 cm³/mol. The third-order valence-corrected chi connectivity index (χ3v) is 5.02. The first-order valence-corrected chi connectivity index (χ1v) is 8.02. The Labute approximate surface area is 132 Å². The van der Waals surface area contributed by atoms with Crippen molar-refractivity contribution in [2.24, 2.45) is 0 Å². The number of hydrogen-bond donors (Lipinski definition) is 1. The van der Waals surface area contributed by atoms with Gasteiger partial charge in [0, 0.05) is 12.1 Å². The van der Waals surface area contributed by atoms with Gasteiger partial charge in [-0.2, -0.15) is 0 Å². The van der Waals surface area contributed by atoms with Crippen LogP contribution in [0.2, 0.25) is 5.02 Å². The Bertz CT molecular complexity index is 659. The molecule has 4 nitrogen and oxygen atoms in total. The number of aliphatic hydroxyl groups excluding tert-OH is 1. The van der Waals surface area contributed by atoms with E-state index in [9.17, 15) is 9.90 Å². The topological polar surface area (TPSA) is 53.4 Å². The minimum atomic E-state index is -0.0663. The number of likely N-dealkylation sites (tertiary alicyclic amines) is 1. The van der Waals surface area contributed by atoms with Crippen LogP contribution in [0, 0.1) is 0 Å². The Morgan fingerprint density at radius 1 is 1.48 bits per heavy atom. The molecule has 2 heterocycles. The normalized spacial score (nSPS) is 18.2. The lowest BCUT2D eigenvalue weighted by molar-refractivity contribution is 0.0682. The first-order valence-electron chi connectivity index (χ1n) is 6.83. The summed E-state index contributed by atoms with van der Waals surface area (Å²) < 4.78 is 0. The van der Waals surface area contributed by atoms with Gasteiger partial charge in [0.15, 0.2) is 0 Å². The summed E-state index contributed by atoms with van der Waals surface area (Å²) in [6.07, 6.45) is 3.39. The van der Waals surface area contributed by atoms with E-state index in [2.05, 4.69) is 4.98 Å². The first kappa shape index (κ1) is 14.5. The number of benzene rings is 1. The second kappa shape index (κ2) is 6.13. The van der Waals surface area contributed by atoms with E-state index in [1.165, 1.54) is 11.3 Å². The molecular formula is C15H15ClN2O2S. The van der Waals surface area contributed by atoms with Crippen LogP contribution in [0.1, 0.15) is 22.5 Å². The number of rotatable bonds is 3.